The molecule has 23 heavy (non-hydrogen) atoms. The number of anilines is 1. The van der Waals surface area contributed by atoms with Crippen molar-refractivity contribution < 1.29 is 18.0 Å². The number of halogens is 3. The lowest BCUT2D eigenvalue weighted by atomic mass is 9.93. The highest BCUT2D eigenvalue weighted by Gasteiger charge is 2.34. The van der Waals surface area contributed by atoms with Gasteiger partial charge >= 0.3 is 6.18 Å². The second-order valence-corrected chi connectivity index (χ2v) is 7.24. The number of nitrogens with zero attached hydrogens (tertiary/aromatic N) is 3. The van der Waals surface area contributed by atoms with Crippen LogP contribution in [0.1, 0.15) is 37.0 Å². The van der Waals surface area contributed by atoms with Gasteiger partial charge in [-0.05, 0) is 31.6 Å². The summed E-state index contributed by atoms with van der Waals surface area (Å²) >= 11 is 0.697. The van der Waals surface area contributed by atoms with Crippen molar-refractivity contribution in [3.8, 4) is 0 Å². The monoisotopic (exact) mass is 347 g/mol. The quantitative estimate of drug-likeness (QED) is 0.841. The lowest BCUT2D eigenvalue weighted by Crippen LogP contribution is -2.36. The van der Waals surface area contributed by atoms with E-state index >= 15 is 0 Å². The highest BCUT2D eigenvalue weighted by molar-refractivity contribution is 7.15. The minimum Gasteiger partial charge on any atom is -0.348 e. The van der Waals surface area contributed by atoms with Crippen LogP contribution in [-0.2, 0) is 11.0 Å². The fourth-order valence-corrected chi connectivity index (χ4v) is 4.05. The maximum absolute atomic E-state index is 12.6. The van der Waals surface area contributed by atoms with Crippen LogP contribution in [0.25, 0.3) is 0 Å². The Morgan fingerprint density at radius 3 is 2.43 bits per heavy atom. The van der Waals surface area contributed by atoms with Gasteiger partial charge in [0.2, 0.25) is 5.91 Å². The van der Waals surface area contributed by atoms with Crippen LogP contribution in [0.3, 0.4) is 0 Å². The van der Waals surface area contributed by atoms with E-state index in [0.29, 0.717) is 41.9 Å². The number of alkyl halides is 3. The zero-order chi connectivity index (χ0) is 16.4. The van der Waals surface area contributed by atoms with Crippen molar-refractivity contribution in [3.05, 3.63) is 11.1 Å². The third-order valence-electron chi connectivity index (χ3n) is 4.58. The van der Waals surface area contributed by atoms with Crippen molar-refractivity contribution in [1.29, 1.82) is 0 Å². The van der Waals surface area contributed by atoms with Crippen molar-refractivity contribution in [3.63, 3.8) is 0 Å². The second kappa shape index (κ2) is 6.67. The molecule has 0 spiro atoms. The third-order valence-corrected chi connectivity index (χ3v) is 5.68. The van der Waals surface area contributed by atoms with Gasteiger partial charge in [-0.15, -0.1) is 0 Å². The predicted molar refractivity (Wildman–Crippen MR) is 82.5 cm³/mol. The van der Waals surface area contributed by atoms with E-state index < -0.39 is 11.1 Å². The predicted octanol–water partition coefficient (Wildman–Crippen LogP) is 3.39. The van der Waals surface area contributed by atoms with Crippen LogP contribution in [0, 0.1) is 5.92 Å². The van der Waals surface area contributed by atoms with Crippen molar-refractivity contribution >= 4 is 22.4 Å². The molecule has 128 valence electrons. The van der Waals surface area contributed by atoms with Crippen LogP contribution in [0.4, 0.5) is 18.3 Å². The van der Waals surface area contributed by atoms with Gasteiger partial charge in [-0.2, -0.15) is 13.2 Å². The molecule has 0 N–H and O–H groups in total. The Bertz CT molecular complexity index is 546. The summed E-state index contributed by atoms with van der Waals surface area (Å²) in [4.78, 5) is 19.2. The van der Waals surface area contributed by atoms with Gasteiger partial charge in [0.1, 0.15) is 4.88 Å². The van der Waals surface area contributed by atoms with E-state index in [1.165, 1.54) is 0 Å². The molecule has 2 aliphatic heterocycles. The van der Waals surface area contributed by atoms with Crippen LogP contribution in [0.2, 0.25) is 0 Å². The summed E-state index contributed by atoms with van der Waals surface area (Å²) in [6.07, 6.45) is 1.01. The van der Waals surface area contributed by atoms with E-state index in [4.69, 9.17) is 0 Å². The summed E-state index contributed by atoms with van der Waals surface area (Å²) in [5, 5.41) is 0.432. The molecule has 2 aliphatic rings. The fraction of sp³-hybridized carbons (Fsp3) is 0.733. The summed E-state index contributed by atoms with van der Waals surface area (Å²) in [5.74, 6) is 0.566. The molecule has 4 nitrogen and oxygen atoms in total. The third kappa shape index (κ3) is 3.97. The first kappa shape index (κ1) is 16.5. The molecule has 0 saturated carbocycles. The van der Waals surface area contributed by atoms with E-state index in [2.05, 4.69) is 4.98 Å². The van der Waals surface area contributed by atoms with E-state index in [-0.39, 0.29) is 5.91 Å². The Hall–Kier alpha value is -1.31. The first-order valence-corrected chi connectivity index (χ1v) is 8.81. The topological polar surface area (TPSA) is 36.4 Å². The van der Waals surface area contributed by atoms with Gasteiger partial charge in [0, 0.05) is 32.6 Å². The van der Waals surface area contributed by atoms with Crippen molar-refractivity contribution in [2.45, 2.75) is 38.3 Å². The standard InChI is InChI=1S/C15H20F3N3OS/c16-15(17,18)12-10-19-14(23-12)21-7-3-11(4-8-21)9-13(22)20-5-1-2-6-20/h10-11H,1-9H2. The number of thiazole rings is 1. The van der Waals surface area contributed by atoms with Crippen LogP contribution in [0.15, 0.2) is 6.20 Å². The van der Waals surface area contributed by atoms with Crippen molar-refractivity contribution in [2.75, 3.05) is 31.1 Å². The number of hydrogen-bond acceptors (Lipinski definition) is 4. The van der Waals surface area contributed by atoms with E-state index in [0.717, 1.165) is 45.0 Å². The maximum atomic E-state index is 12.6. The second-order valence-electron chi connectivity index (χ2n) is 6.23. The van der Waals surface area contributed by atoms with Gasteiger partial charge in [-0.25, -0.2) is 4.98 Å². The highest BCUT2D eigenvalue weighted by Crippen LogP contribution is 2.37. The molecular weight excluding hydrogens is 327 g/mol. The largest absolute Gasteiger partial charge is 0.427 e. The first-order chi connectivity index (χ1) is 10.9. The molecule has 1 aromatic rings. The molecule has 0 unspecified atom stereocenters. The lowest BCUT2D eigenvalue weighted by molar-refractivity contribution is -0.134. The molecule has 0 bridgehead atoms. The van der Waals surface area contributed by atoms with E-state index in [1.54, 1.807) is 0 Å². The average Bonchev–Trinajstić information content (AvgIpc) is 3.19. The molecule has 0 aliphatic carbocycles. The number of carbonyl (C=O) groups excluding carboxylic acids is 1. The number of piperidine rings is 1. The summed E-state index contributed by atoms with van der Waals surface area (Å²) in [7, 11) is 0. The van der Waals surface area contributed by atoms with Crippen LogP contribution in [0.5, 0.6) is 0 Å². The molecule has 0 aromatic carbocycles. The van der Waals surface area contributed by atoms with E-state index in [1.807, 2.05) is 9.80 Å². The molecular formula is C15H20F3N3OS. The summed E-state index contributed by atoms with van der Waals surface area (Å²) in [5.41, 5.74) is 0. The summed E-state index contributed by atoms with van der Waals surface area (Å²) in [6, 6.07) is 0. The molecule has 1 aromatic heterocycles. The minimum absolute atomic E-state index is 0.231. The number of likely N-dealkylation sites (tertiary alicyclic amines) is 1. The Labute approximate surface area is 137 Å². The van der Waals surface area contributed by atoms with Gasteiger partial charge in [-0.3, -0.25) is 4.79 Å². The van der Waals surface area contributed by atoms with Gasteiger partial charge in [0.05, 0.1) is 6.20 Å². The minimum atomic E-state index is -4.32. The summed E-state index contributed by atoms with van der Waals surface area (Å²) in [6.45, 7) is 3.08. The van der Waals surface area contributed by atoms with Gasteiger partial charge in [-0.1, -0.05) is 11.3 Å². The first-order valence-electron chi connectivity index (χ1n) is 7.99. The zero-order valence-electron chi connectivity index (χ0n) is 12.8. The number of hydrogen-bond donors (Lipinski definition) is 0. The number of amides is 1. The smallest absolute Gasteiger partial charge is 0.348 e. The molecule has 0 radical (unpaired) electrons. The zero-order valence-corrected chi connectivity index (χ0v) is 13.6. The molecule has 1 amide bonds. The number of carbonyl (C=O) groups is 1. The fourth-order valence-electron chi connectivity index (χ4n) is 3.21. The highest BCUT2D eigenvalue weighted by atomic mass is 32.1. The summed E-state index contributed by atoms with van der Waals surface area (Å²) < 4.78 is 37.9. The van der Waals surface area contributed by atoms with E-state index in [9.17, 15) is 18.0 Å². The SMILES string of the molecule is O=C(CC1CCN(c2ncc(C(F)(F)F)s2)CC1)N1CCCC1. The lowest BCUT2D eigenvalue weighted by Gasteiger charge is -2.32. The number of rotatable bonds is 3. The molecule has 3 rings (SSSR count). The Balaban J connectivity index is 1.50. The van der Waals surface area contributed by atoms with Gasteiger partial charge in [0.25, 0.3) is 0 Å². The van der Waals surface area contributed by atoms with Crippen LogP contribution < -0.4 is 4.90 Å². The van der Waals surface area contributed by atoms with Gasteiger partial charge < -0.3 is 9.80 Å². The Kier molecular flexibility index (Phi) is 4.79. The molecule has 8 heteroatoms. The Morgan fingerprint density at radius 1 is 1.22 bits per heavy atom. The number of aromatic nitrogens is 1. The maximum Gasteiger partial charge on any atom is 0.427 e. The molecule has 0 atom stereocenters. The average molecular weight is 347 g/mol. The normalized spacial score (nSPS) is 20.3. The Morgan fingerprint density at radius 2 is 1.87 bits per heavy atom. The van der Waals surface area contributed by atoms with Gasteiger partial charge in [0.15, 0.2) is 5.13 Å². The molecule has 2 saturated heterocycles. The van der Waals surface area contributed by atoms with Crippen molar-refractivity contribution in [2.24, 2.45) is 5.92 Å². The molecule has 3 heterocycles. The molecule has 2 fully saturated rings. The van der Waals surface area contributed by atoms with Crippen LogP contribution in [-0.4, -0.2) is 42.0 Å². The van der Waals surface area contributed by atoms with Crippen molar-refractivity contribution in [1.82, 2.24) is 9.88 Å². The van der Waals surface area contributed by atoms with Crippen LogP contribution >= 0.6 is 11.3 Å².